The number of amides is 3. The summed E-state index contributed by atoms with van der Waals surface area (Å²) in [5.41, 5.74) is -0.0996. The lowest BCUT2D eigenvalue weighted by Gasteiger charge is -2.31. The third-order valence-electron chi connectivity index (χ3n) is 7.60. The van der Waals surface area contributed by atoms with Crippen molar-refractivity contribution in [2.75, 3.05) is 23.4 Å². The zero-order chi connectivity index (χ0) is 34.3. The standard InChI is InChI=1S/C32H23BrF3N3O7S2/c1-2-45-30(43)15-6-9-19(10-7-15)39-28(41)24-23(25-27(38-31(44)48-25)47-26(24)29(39)42)20-13-17(33)8-11-21(20)46-14-22(40)37-18-5-3-4-16(12-18)32(34,35)36/h3-13,23-24,26H,2,14H2,1H3,(H,37,40)(H,38,44)/t23-,24?,26?/m1/s1. The number of aromatic nitrogens is 1. The second-order valence-electron chi connectivity index (χ2n) is 10.6. The molecule has 48 heavy (non-hydrogen) atoms. The summed E-state index contributed by atoms with van der Waals surface area (Å²) >= 11 is 5.40. The highest BCUT2D eigenvalue weighted by molar-refractivity contribution is 9.10. The Bertz CT molecular complexity index is 2000. The number of hydrogen-bond acceptors (Lipinski definition) is 9. The maximum atomic E-state index is 14.2. The fourth-order valence-electron chi connectivity index (χ4n) is 5.58. The van der Waals surface area contributed by atoms with Gasteiger partial charge in [-0.05, 0) is 67.6 Å². The van der Waals surface area contributed by atoms with Gasteiger partial charge >= 0.3 is 17.0 Å². The zero-order valence-corrected chi connectivity index (χ0v) is 27.8. The van der Waals surface area contributed by atoms with Crippen LogP contribution in [-0.4, -0.2) is 47.1 Å². The van der Waals surface area contributed by atoms with Crippen molar-refractivity contribution in [2.45, 2.75) is 29.3 Å². The Hall–Kier alpha value is -4.41. The number of thiazole rings is 1. The van der Waals surface area contributed by atoms with Crippen molar-refractivity contribution in [3.63, 3.8) is 0 Å². The first kappa shape index (κ1) is 33.5. The molecule has 0 saturated carbocycles. The average Bonchev–Trinajstić information content (AvgIpc) is 3.54. The van der Waals surface area contributed by atoms with Crippen LogP contribution in [0.2, 0.25) is 0 Å². The summed E-state index contributed by atoms with van der Waals surface area (Å²) in [7, 11) is 0. The van der Waals surface area contributed by atoms with E-state index in [-0.39, 0.29) is 34.2 Å². The van der Waals surface area contributed by atoms with E-state index in [1.54, 1.807) is 25.1 Å². The van der Waals surface area contributed by atoms with E-state index < -0.39 is 59.1 Å². The number of hydrogen-bond donors (Lipinski definition) is 2. The fraction of sp³-hybridized carbons (Fsp3) is 0.219. The van der Waals surface area contributed by atoms with Gasteiger partial charge in [0.05, 0.1) is 34.4 Å². The topological polar surface area (TPSA) is 135 Å². The summed E-state index contributed by atoms with van der Waals surface area (Å²) < 4.78 is 50.9. The molecule has 248 valence electrons. The zero-order valence-electron chi connectivity index (χ0n) is 24.6. The number of carbonyl (C=O) groups excluding carboxylic acids is 4. The number of H-pyrrole nitrogens is 1. The number of fused-ring (bicyclic) bond motifs is 2. The minimum Gasteiger partial charge on any atom is -0.483 e. The molecule has 2 aliphatic heterocycles. The number of esters is 1. The van der Waals surface area contributed by atoms with Gasteiger partial charge in [0, 0.05) is 26.5 Å². The largest absolute Gasteiger partial charge is 0.483 e. The summed E-state index contributed by atoms with van der Waals surface area (Å²) in [5, 5.41) is 1.88. The number of rotatable bonds is 8. The number of benzene rings is 3. The quantitative estimate of drug-likeness (QED) is 0.160. The molecule has 3 heterocycles. The van der Waals surface area contributed by atoms with Crippen LogP contribution in [0.5, 0.6) is 5.75 Å². The first-order valence-electron chi connectivity index (χ1n) is 14.3. The highest BCUT2D eigenvalue weighted by Gasteiger charge is 2.57. The van der Waals surface area contributed by atoms with Crippen LogP contribution in [0.1, 0.15) is 39.2 Å². The van der Waals surface area contributed by atoms with E-state index in [1.807, 2.05) is 0 Å². The lowest BCUT2D eigenvalue weighted by molar-refractivity contribution is -0.137. The van der Waals surface area contributed by atoms with Crippen molar-refractivity contribution < 1.29 is 41.8 Å². The third-order valence-corrected chi connectivity index (χ3v) is 10.5. The van der Waals surface area contributed by atoms with E-state index in [2.05, 4.69) is 26.2 Å². The predicted molar refractivity (Wildman–Crippen MR) is 175 cm³/mol. The van der Waals surface area contributed by atoms with Crippen LogP contribution < -0.4 is 19.8 Å². The van der Waals surface area contributed by atoms with E-state index in [0.29, 0.717) is 19.9 Å². The summed E-state index contributed by atoms with van der Waals surface area (Å²) in [6, 6.07) is 14.9. The molecule has 1 saturated heterocycles. The molecule has 3 amide bonds. The Balaban J connectivity index is 1.31. The van der Waals surface area contributed by atoms with E-state index in [1.165, 1.54) is 36.4 Å². The van der Waals surface area contributed by atoms with Gasteiger partial charge in [0.25, 0.3) is 5.91 Å². The molecule has 2 unspecified atom stereocenters. The Morgan fingerprint density at radius 1 is 1.02 bits per heavy atom. The number of imide groups is 1. The van der Waals surface area contributed by atoms with Crippen LogP contribution in [0.4, 0.5) is 24.5 Å². The van der Waals surface area contributed by atoms with Crippen LogP contribution in [0.25, 0.3) is 0 Å². The SMILES string of the molecule is CCOC(=O)c1ccc(N2C(=O)C3Sc4[nH]c(=O)sc4[C@H](c4cc(Br)ccc4OCC(=O)Nc4cccc(C(F)(F)F)c4)C3C2=O)cc1. The lowest BCUT2D eigenvalue weighted by Crippen LogP contribution is -2.32. The van der Waals surface area contributed by atoms with Gasteiger partial charge in [0.1, 0.15) is 11.0 Å². The van der Waals surface area contributed by atoms with Gasteiger partial charge in [0.15, 0.2) is 6.61 Å². The van der Waals surface area contributed by atoms with Crippen LogP contribution in [0.3, 0.4) is 0 Å². The molecule has 0 bridgehead atoms. The summed E-state index contributed by atoms with van der Waals surface area (Å²) in [4.78, 5) is 69.4. The molecular weight excluding hydrogens is 739 g/mol. The highest BCUT2D eigenvalue weighted by Crippen LogP contribution is 2.54. The lowest BCUT2D eigenvalue weighted by atomic mass is 9.82. The number of thioether (sulfide) groups is 1. The number of carbonyl (C=O) groups is 4. The number of anilines is 2. The summed E-state index contributed by atoms with van der Waals surface area (Å²) in [6.45, 7) is 1.26. The molecule has 10 nitrogen and oxygen atoms in total. The van der Waals surface area contributed by atoms with Gasteiger partial charge in [-0.15, -0.1) is 0 Å². The van der Waals surface area contributed by atoms with Crippen molar-refractivity contribution in [3.05, 3.63) is 102 Å². The summed E-state index contributed by atoms with van der Waals surface area (Å²) in [6.07, 6.45) is -4.59. The smallest absolute Gasteiger partial charge is 0.416 e. The molecule has 1 aromatic heterocycles. The molecule has 0 aliphatic carbocycles. The van der Waals surface area contributed by atoms with Crippen molar-refractivity contribution >= 4 is 74.1 Å². The minimum absolute atomic E-state index is 0.0752. The van der Waals surface area contributed by atoms with E-state index in [0.717, 1.165) is 40.1 Å². The predicted octanol–water partition coefficient (Wildman–Crippen LogP) is 6.21. The second-order valence-corrected chi connectivity index (χ2v) is 13.7. The average molecular weight is 763 g/mol. The third kappa shape index (κ3) is 6.51. The number of halogens is 4. The number of nitrogens with one attached hydrogen (secondary N) is 2. The Morgan fingerprint density at radius 3 is 2.48 bits per heavy atom. The van der Waals surface area contributed by atoms with E-state index in [4.69, 9.17) is 9.47 Å². The van der Waals surface area contributed by atoms with Gasteiger partial charge in [0.2, 0.25) is 11.8 Å². The molecular formula is C32H23BrF3N3O7S2. The maximum absolute atomic E-state index is 14.2. The van der Waals surface area contributed by atoms with Crippen LogP contribution in [0, 0.1) is 5.92 Å². The molecule has 2 aliphatic rings. The van der Waals surface area contributed by atoms with Gasteiger partial charge in [-0.2, -0.15) is 13.2 Å². The molecule has 4 aromatic rings. The number of alkyl halides is 3. The van der Waals surface area contributed by atoms with Gasteiger partial charge < -0.3 is 19.8 Å². The highest BCUT2D eigenvalue weighted by atomic mass is 79.9. The molecule has 16 heteroatoms. The van der Waals surface area contributed by atoms with Crippen molar-refractivity contribution in [1.29, 1.82) is 0 Å². The Morgan fingerprint density at radius 2 is 1.77 bits per heavy atom. The normalized spacial score (nSPS) is 18.7. The number of nitrogens with zero attached hydrogens (tertiary/aromatic N) is 1. The fourth-order valence-corrected chi connectivity index (χ4v) is 8.46. The molecule has 0 spiro atoms. The monoisotopic (exact) mass is 761 g/mol. The van der Waals surface area contributed by atoms with Crippen LogP contribution in [0.15, 0.2) is 81.0 Å². The minimum atomic E-state index is -4.59. The second kappa shape index (κ2) is 13.2. The summed E-state index contributed by atoms with van der Waals surface area (Å²) in [5.74, 6) is -4.01. The van der Waals surface area contributed by atoms with E-state index in [9.17, 15) is 37.1 Å². The van der Waals surface area contributed by atoms with Gasteiger partial charge in [-0.1, -0.05) is 45.1 Å². The van der Waals surface area contributed by atoms with Gasteiger partial charge in [-0.25, -0.2) is 9.69 Å². The molecule has 3 aromatic carbocycles. The maximum Gasteiger partial charge on any atom is 0.416 e. The van der Waals surface area contributed by atoms with Crippen LogP contribution in [-0.2, 0) is 25.3 Å². The molecule has 0 radical (unpaired) electrons. The van der Waals surface area contributed by atoms with Crippen molar-refractivity contribution in [2.24, 2.45) is 5.92 Å². The molecule has 2 N–H and O–H groups in total. The van der Waals surface area contributed by atoms with Crippen molar-refractivity contribution in [1.82, 2.24) is 4.98 Å². The van der Waals surface area contributed by atoms with Gasteiger partial charge in [-0.3, -0.25) is 19.2 Å². The number of ether oxygens (including phenoxy) is 2. The molecule has 6 rings (SSSR count). The first-order chi connectivity index (χ1) is 22.8. The molecule has 1 fully saturated rings. The number of aromatic amines is 1. The Labute approximate surface area is 286 Å². The Kier molecular flexibility index (Phi) is 9.24. The van der Waals surface area contributed by atoms with Crippen LogP contribution >= 0.6 is 39.0 Å². The first-order valence-corrected chi connectivity index (χ1v) is 16.8. The molecule has 3 atom stereocenters. The van der Waals surface area contributed by atoms with Crippen molar-refractivity contribution in [3.8, 4) is 5.75 Å². The van der Waals surface area contributed by atoms with E-state index >= 15 is 0 Å².